The Labute approximate surface area is 207 Å². The Hall–Kier alpha value is -3.72. The number of nitrogens with zero attached hydrogens (tertiary/aromatic N) is 1. The summed E-state index contributed by atoms with van der Waals surface area (Å²) in [4.78, 5) is 40.2. The van der Waals surface area contributed by atoms with Gasteiger partial charge in [-0.2, -0.15) is 0 Å². The van der Waals surface area contributed by atoms with Crippen LogP contribution in [0.15, 0.2) is 54.7 Å². The number of aromatic nitrogens is 1. The van der Waals surface area contributed by atoms with Crippen molar-refractivity contribution in [1.29, 1.82) is 0 Å². The zero-order valence-corrected chi connectivity index (χ0v) is 20.1. The van der Waals surface area contributed by atoms with Crippen LogP contribution in [0.2, 0.25) is 0 Å². The summed E-state index contributed by atoms with van der Waals surface area (Å²) in [5.74, 6) is -1.18. The Bertz CT molecular complexity index is 1180. The fourth-order valence-corrected chi connectivity index (χ4v) is 4.98. The maximum Gasteiger partial charge on any atom is 0.413 e. The monoisotopic (exact) mass is 493 g/mol. The van der Waals surface area contributed by atoms with E-state index < -0.39 is 12.1 Å². The molecule has 0 saturated carbocycles. The van der Waals surface area contributed by atoms with Crippen molar-refractivity contribution in [2.75, 3.05) is 18.5 Å². The van der Waals surface area contributed by atoms with Gasteiger partial charge in [-0.25, -0.2) is 9.78 Å². The number of fused-ring (bicyclic) bond motifs is 3. The van der Waals surface area contributed by atoms with Crippen molar-refractivity contribution in [3.63, 3.8) is 0 Å². The van der Waals surface area contributed by atoms with Gasteiger partial charge in [0.1, 0.15) is 6.61 Å². The van der Waals surface area contributed by atoms with Crippen LogP contribution in [0.1, 0.15) is 41.7 Å². The standard InChI is InChI=1S/C26H27N3O5S/c1-16(12-24(31)32)13-27-23(30)11-10-17-14-28-25(35-17)29-26(33)34-15-22-20-8-4-2-6-18(20)19-7-3-5-9-21(19)22/h2-9,14,16,22H,10-13,15H2,1H3,(H,27,30)(H,31,32)(H,28,29,33). The van der Waals surface area contributed by atoms with E-state index in [1.54, 1.807) is 13.1 Å². The number of benzene rings is 2. The average Bonchev–Trinajstić information content (AvgIpc) is 3.41. The highest BCUT2D eigenvalue weighted by Crippen LogP contribution is 2.44. The van der Waals surface area contributed by atoms with Gasteiger partial charge < -0.3 is 15.2 Å². The number of thiazole rings is 1. The van der Waals surface area contributed by atoms with Gasteiger partial charge in [-0.05, 0) is 34.6 Å². The second-order valence-electron chi connectivity index (χ2n) is 8.59. The van der Waals surface area contributed by atoms with Crippen molar-refractivity contribution >= 4 is 34.4 Å². The molecule has 3 aromatic rings. The van der Waals surface area contributed by atoms with Gasteiger partial charge in [-0.3, -0.25) is 14.9 Å². The molecule has 9 heteroatoms. The summed E-state index contributed by atoms with van der Waals surface area (Å²) in [5, 5.41) is 14.6. The van der Waals surface area contributed by atoms with Gasteiger partial charge in [0.2, 0.25) is 5.91 Å². The molecule has 1 atom stereocenters. The molecule has 2 amide bonds. The predicted molar refractivity (Wildman–Crippen MR) is 134 cm³/mol. The zero-order valence-electron chi connectivity index (χ0n) is 19.3. The van der Waals surface area contributed by atoms with E-state index in [1.165, 1.54) is 22.5 Å². The third-order valence-corrected chi connectivity index (χ3v) is 6.85. The van der Waals surface area contributed by atoms with Crippen LogP contribution in [0.4, 0.5) is 9.93 Å². The molecule has 1 aromatic heterocycles. The first-order valence-electron chi connectivity index (χ1n) is 11.5. The van der Waals surface area contributed by atoms with Gasteiger partial charge in [0.25, 0.3) is 0 Å². The highest BCUT2D eigenvalue weighted by Gasteiger charge is 2.29. The van der Waals surface area contributed by atoms with Crippen LogP contribution >= 0.6 is 11.3 Å². The molecule has 1 aliphatic carbocycles. The van der Waals surface area contributed by atoms with Crippen molar-refractivity contribution in [2.24, 2.45) is 5.92 Å². The molecule has 0 radical (unpaired) electrons. The SMILES string of the molecule is CC(CNC(=O)CCc1cnc(NC(=O)OCC2c3ccccc3-c3ccccc32)s1)CC(=O)O. The lowest BCUT2D eigenvalue weighted by molar-refractivity contribution is -0.138. The lowest BCUT2D eigenvalue weighted by Gasteiger charge is -2.14. The smallest absolute Gasteiger partial charge is 0.413 e. The minimum Gasteiger partial charge on any atom is -0.481 e. The Morgan fingerprint density at radius 1 is 1.09 bits per heavy atom. The van der Waals surface area contributed by atoms with Crippen molar-refractivity contribution in [1.82, 2.24) is 10.3 Å². The van der Waals surface area contributed by atoms with E-state index in [0.717, 1.165) is 16.0 Å². The molecule has 3 N–H and O–H groups in total. The summed E-state index contributed by atoms with van der Waals surface area (Å²) in [6.07, 6.45) is 1.80. The summed E-state index contributed by atoms with van der Waals surface area (Å²) in [7, 11) is 0. The van der Waals surface area contributed by atoms with Gasteiger partial charge in [-0.1, -0.05) is 55.5 Å². The first-order chi connectivity index (χ1) is 16.9. The van der Waals surface area contributed by atoms with E-state index in [2.05, 4.69) is 39.9 Å². The average molecular weight is 494 g/mol. The summed E-state index contributed by atoms with van der Waals surface area (Å²) in [5.41, 5.74) is 4.63. The first kappa shape index (κ1) is 24.4. The maximum atomic E-state index is 12.4. The van der Waals surface area contributed by atoms with E-state index in [0.29, 0.717) is 18.1 Å². The molecular formula is C26H27N3O5S. The molecule has 0 fully saturated rings. The number of carbonyl (C=O) groups excluding carboxylic acids is 2. The summed E-state index contributed by atoms with van der Waals surface area (Å²) < 4.78 is 5.54. The molecule has 0 saturated heterocycles. The Kier molecular flexibility index (Phi) is 7.77. The number of nitrogens with one attached hydrogen (secondary N) is 2. The lowest BCUT2D eigenvalue weighted by Crippen LogP contribution is -2.29. The predicted octanol–water partition coefficient (Wildman–Crippen LogP) is 4.66. The van der Waals surface area contributed by atoms with Gasteiger partial charge in [0.05, 0.1) is 0 Å². The number of aliphatic carboxylic acids is 1. The number of carbonyl (C=O) groups is 3. The van der Waals surface area contributed by atoms with Crippen LogP contribution in [-0.2, 0) is 20.7 Å². The Balaban J connectivity index is 1.24. The third kappa shape index (κ3) is 6.24. The zero-order chi connectivity index (χ0) is 24.8. The molecule has 4 rings (SSSR count). The lowest BCUT2D eigenvalue weighted by atomic mass is 9.98. The topological polar surface area (TPSA) is 118 Å². The van der Waals surface area contributed by atoms with Crippen LogP contribution in [-0.4, -0.2) is 41.2 Å². The Morgan fingerprint density at radius 2 is 1.74 bits per heavy atom. The van der Waals surface area contributed by atoms with Gasteiger partial charge in [0.15, 0.2) is 5.13 Å². The highest BCUT2D eigenvalue weighted by molar-refractivity contribution is 7.15. The summed E-state index contributed by atoms with van der Waals surface area (Å²) in [6, 6.07) is 16.3. The number of hydrogen-bond donors (Lipinski definition) is 3. The second kappa shape index (κ2) is 11.1. The number of amides is 2. The molecule has 182 valence electrons. The molecule has 0 spiro atoms. The molecule has 0 bridgehead atoms. The van der Waals surface area contributed by atoms with E-state index in [-0.39, 0.29) is 37.2 Å². The van der Waals surface area contributed by atoms with Crippen molar-refractivity contribution < 1.29 is 24.2 Å². The normalized spacial score (nSPS) is 12.9. The molecule has 8 nitrogen and oxygen atoms in total. The fourth-order valence-electron chi connectivity index (χ4n) is 4.19. The molecule has 2 aromatic carbocycles. The van der Waals surface area contributed by atoms with Gasteiger partial charge in [-0.15, -0.1) is 11.3 Å². The maximum absolute atomic E-state index is 12.4. The van der Waals surface area contributed by atoms with Gasteiger partial charge in [0, 0.05) is 36.4 Å². The molecular weight excluding hydrogens is 466 g/mol. The molecule has 1 unspecified atom stereocenters. The minimum absolute atomic E-state index is 0.0139. The van der Waals surface area contributed by atoms with E-state index in [9.17, 15) is 14.4 Å². The van der Waals surface area contributed by atoms with E-state index >= 15 is 0 Å². The highest BCUT2D eigenvalue weighted by atomic mass is 32.1. The van der Waals surface area contributed by atoms with Gasteiger partial charge >= 0.3 is 12.1 Å². The largest absolute Gasteiger partial charge is 0.481 e. The summed E-state index contributed by atoms with van der Waals surface area (Å²) in [6.45, 7) is 2.32. The van der Waals surface area contributed by atoms with Crippen LogP contribution in [0.5, 0.6) is 0 Å². The van der Waals surface area contributed by atoms with Crippen molar-refractivity contribution in [2.45, 2.75) is 32.1 Å². The van der Waals surface area contributed by atoms with E-state index in [4.69, 9.17) is 9.84 Å². The number of carboxylic acids is 1. The van der Waals surface area contributed by atoms with Crippen LogP contribution in [0, 0.1) is 5.92 Å². The number of hydrogen-bond acceptors (Lipinski definition) is 6. The van der Waals surface area contributed by atoms with E-state index in [1.807, 2.05) is 24.3 Å². The summed E-state index contributed by atoms with van der Waals surface area (Å²) >= 11 is 1.29. The number of aryl methyl sites for hydroxylation is 1. The van der Waals surface area contributed by atoms with Crippen molar-refractivity contribution in [3.05, 3.63) is 70.7 Å². The molecule has 0 aliphatic heterocycles. The van der Waals surface area contributed by atoms with Crippen molar-refractivity contribution in [3.8, 4) is 11.1 Å². The quantitative estimate of drug-likeness (QED) is 0.378. The number of rotatable bonds is 10. The fraction of sp³-hybridized carbons (Fsp3) is 0.308. The first-order valence-corrected chi connectivity index (χ1v) is 12.3. The number of ether oxygens (including phenoxy) is 1. The number of anilines is 1. The Morgan fingerprint density at radius 3 is 2.40 bits per heavy atom. The van der Waals surface area contributed by atoms with Crippen LogP contribution in [0.25, 0.3) is 11.1 Å². The molecule has 1 aliphatic rings. The van der Waals surface area contributed by atoms with Crippen LogP contribution in [0.3, 0.4) is 0 Å². The number of carboxylic acid groups (broad SMARTS) is 1. The molecule has 1 heterocycles. The van der Waals surface area contributed by atoms with Crippen LogP contribution < -0.4 is 10.6 Å². The molecule has 35 heavy (non-hydrogen) atoms. The third-order valence-electron chi connectivity index (χ3n) is 5.88. The second-order valence-corrected chi connectivity index (χ2v) is 9.70. The minimum atomic E-state index is -0.882.